The van der Waals surface area contributed by atoms with Crippen molar-refractivity contribution in [2.75, 3.05) is 11.9 Å². The Morgan fingerprint density at radius 1 is 1.09 bits per heavy atom. The van der Waals surface area contributed by atoms with E-state index in [1.807, 2.05) is 0 Å². The van der Waals surface area contributed by atoms with Crippen molar-refractivity contribution in [2.45, 2.75) is 6.92 Å². The fourth-order valence-electron chi connectivity index (χ4n) is 1.75. The average molecular weight is 305 g/mol. The van der Waals surface area contributed by atoms with Crippen LogP contribution in [0, 0.1) is 11.6 Å². The van der Waals surface area contributed by atoms with Crippen molar-refractivity contribution >= 4 is 17.4 Å². The standard InChI is InChI=1S/C16H13F2NO3/c1-10(20)11-4-2-5-12(8-11)22-9-15(21)19-16-13(17)6-3-7-14(16)18/h2-8H,9H2,1H3,(H,19,21). The maximum absolute atomic E-state index is 13.4. The van der Waals surface area contributed by atoms with Gasteiger partial charge in [0.1, 0.15) is 23.1 Å². The first-order valence-corrected chi connectivity index (χ1v) is 6.45. The number of anilines is 1. The summed E-state index contributed by atoms with van der Waals surface area (Å²) in [7, 11) is 0. The van der Waals surface area contributed by atoms with Gasteiger partial charge in [0.05, 0.1) is 0 Å². The molecule has 0 bridgehead atoms. The van der Waals surface area contributed by atoms with E-state index in [0.717, 1.165) is 12.1 Å². The van der Waals surface area contributed by atoms with Crippen LogP contribution in [-0.2, 0) is 4.79 Å². The van der Waals surface area contributed by atoms with Crippen LogP contribution in [0.5, 0.6) is 5.75 Å². The molecule has 6 heteroatoms. The van der Waals surface area contributed by atoms with Crippen molar-refractivity contribution < 1.29 is 23.1 Å². The minimum Gasteiger partial charge on any atom is -0.484 e. The maximum Gasteiger partial charge on any atom is 0.262 e. The van der Waals surface area contributed by atoms with Gasteiger partial charge in [-0.25, -0.2) is 8.78 Å². The largest absolute Gasteiger partial charge is 0.484 e. The highest BCUT2D eigenvalue weighted by Gasteiger charge is 2.12. The van der Waals surface area contributed by atoms with Gasteiger partial charge in [0.2, 0.25) is 0 Å². The lowest BCUT2D eigenvalue weighted by atomic mass is 10.1. The molecular weight excluding hydrogens is 292 g/mol. The Bertz CT molecular complexity index is 696. The smallest absolute Gasteiger partial charge is 0.262 e. The van der Waals surface area contributed by atoms with Gasteiger partial charge in [0, 0.05) is 5.56 Å². The number of carbonyl (C=O) groups excluding carboxylic acids is 2. The number of Topliss-reactive ketones (excluding diaryl/α,β-unsaturated/α-hetero) is 1. The second-order valence-electron chi connectivity index (χ2n) is 4.52. The minimum atomic E-state index is -0.869. The molecule has 0 unspecified atom stereocenters. The van der Waals surface area contributed by atoms with Crippen molar-refractivity contribution in [3.63, 3.8) is 0 Å². The van der Waals surface area contributed by atoms with Gasteiger partial charge >= 0.3 is 0 Å². The van der Waals surface area contributed by atoms with E-state index in [1.165, 1.54) is 19.1 Å². The molecule has 0 radical (unpaired) electrons. The van der Waals surface area contributed by atoms with Crippen LogP contribution in [-0.4, -0.2) is 18.3 Å². The molecule has 0 spiro atoms. The first-order chi connectivity index (χ1) is 10.5. The van der Waals surface area contributed by atoms with E-state index in [9.17, 15) is 18.4 Å². The molecule has 0 heterocycles. The molecular formula is C16H13F2NO3. The highest BCUT2D eigenvalue weighted by molar-refractivity contribution is 5.94. The van der Waals surface area contributed by atoms with Gasteiger partial charge in [0.15, 0.2) is 12.4 Å². The van der Waals surface area contributed by atoms with Crippen LogP contribution in [0.25, 0.3) is 0 Å². The number of rotatable bonds is 5. The lowest BCUT2D eigenvalue weighted by Crippen LogP contribution is -2.21. The number of halogens is 2. The number of benzene rings is 2. The van der Waals surface area contributed by atoms with Crippen molar-refractivity contribution in [3.8, 4) is 5.75 Å². The van der Waals surface area contributed by atoms with E-state index < -0.39 is 29.8 Å². The molecule has 0 atom stereocenters. The van der Waals surface area contributed by atoms with Gasteiger partial charge in [-0.2, -0.15) is 0 Å². The third-order valence-corrected chi connectivity index (χ3v) is 2.84. The summed E-state index contributed by atoms with van der Waals surface area (Å²) in [5.74, 6) is -2.27. The van der Waals surface area contributed by atoms with Crippen molar-refractivity contribution in [1.82, 2.24) is 0 Å². The summed E-state index contributed by atoms with van der Waals surface area (Å²) in [6.45, 7) is 0.974. The van der Waals surface area contributed by atoms with E-state index in [4.69, 9.17) is 4.74 Å². The predicted octanol–water partition coefficient (Wildman–Crippen LogP) is 3.18. The zero-order valence-corrected chi connectivity index (χ0v) is 11.7. The SMILES string of the molecule is CC(=O)c1cccc(OCC(=O)Nc2c(F)cccc2F)c1. The normalized spacial score (nSPS) is 10.1. The Morgan fingerprint density at radius 2 is 1.73 bits per heavy atom. The van der Waals surface area contributed by atoms with E-state index in [2.05, 4.69) is 5.32 Å². The molecule has 0 aliphatic rings. The van der Waals surface area contributed by atoms with Crippen molar-refractivity contribution in [3.05, 3.63) is 59.7 Å². The average Bonchev–Trinajstić information content (AvgIpc) is 2.49. The number of ether oxygens (including phenoxy) is 1. The van der Waals surface area contributed by atoms with Gasteiger partial charge in [-0.15, -0.1) is 0 Å². The Labute approximate surface area is 125 Å². The molecule has 2 aromatic rings. The summed E-state index contributed by atoms with van der Waals surface area (Å²) < 4.78 is 32.0. The molecule has 0 saturated heterocycles. The summed E-state index contributed by atoms with van der Waals surface area (Å²) in [5, 5.41) is 2.11. The third-order valence-electron chi connectivity index (χ3n) is 2.84. The second-order valence-corrected chi connectivity index (χ2v) is 4.52. The van der Waals surface area contributed by atoms with Crippen LogP contribution >= 0.6 is 0 Å². The Morgan fingerprint density at radius 3 is 2.36 bits per heavy atom. The van der Waals surface area contributed by atoms with Crippen molar-refractivity contribution in [2.24, 2.45) is 0 Å². The lowest BCUT2D eigenvalue weighted by Gasteiger charge is -2.09. The highest BCUT2D eigenvalue weighted by Crippen LogP contribution is 2.18. The molecule has 1 N–H and O–H groups in total. The fraction of sp³-hybridized carbons (Fsp3) is 0.125. The quantitative estimate of drug-likeness (QED) is 0.863. The molecule has 114 valence electrons. The molecule has 2 aromatic carbocycles. The summed E-state index contributed by atoms with van der Waals surface area (Å²) in [4.78, 5) is 22.9. The molecule has 2 rings (SSSR count). The summed E-state index contributed by atoms with van der Waals surface area (Å²) in [6, 6.07) is 9.56. The summed E-state index contributed by atoms with van der Waals surface area (Å²) in [5.41, 5.74) is -0.0772. The monoisotopic (exact) mass is 305 g/mol. The number of nitrogens with one attached hydrogen (secondary N) is 1. The summed E-state index contributed by atoms with van der Waals surface area (Å²) in [6.07, 6.45) is 0. The molecule has 0 saturated carbocycles. The van der Waals surface area contributed by atoms with E-state index in [1.54, 1.807) is 18.2 Å². The molecule has 22 heavy (non-hydrogen) atoms. The fourth-order valence-corrected chi connectivity index (χ4v) is 1.75. The maximum atomic E-state index is 13.4. The Balaban J connectivity index is 1.99. The number of para-hydroxylation sites is 1. The van der Waals surface area contributed by atoms with Crippen LogP contribution in [0.2, 0.25) is 0 Å². The van der Waals surface area contributed by atoms with E-state index >= 15 is 0 Å². The van der Waals surface area contributed by atoms with Crippen molar-refractivity contribution in [1.29, 1.82) is 0 Å². The number of hydrogen-bond acceptors (Lipinski definition) is 3. The lowest BCUT2D eigenvalue weighted by molar-refractivity contribution is -0.118. The first kappa shape index (κ1) is 15.6. The van der Waals surface area contributed by atoms with Crippen LogP contribution in [0.1, 0.15) is 17.3 Å². The first-order valence-electron chi connectivity index (χ1n) is 6.45. The second kappa shape index (κ2) is 6.80. The van der Waals surface area contributed by atoms with E-state index in [-0.39, 0.29) is 5.78 Å². The zero-order chi connectivity index (χ0) is 16.1. The van der Waals surface area contributed by atoms with Crippen LogP contribution in [0.15, 0.2) is 42.5 Å². The number of carbonyl (C=O) groups is 2. The minimum absolute atomic E-state index is 0.136. The van der Waals surface area contributed by atoms with E-state index in [0.29, 0.717) is 11.3 Å². The summed E-state index contributed by atoms with van der Waals surface area (Å²) >= 11 is 0. The Hall–Kier alpha value is -2.76. The topological polar surface area (TPSA) is 55.4 Å². The molecule has 4 nitrogen and oxygen atoms in total. The molecule has 0 aliphatic heterocycles. The van der Waals surface area contributed by atoms with Gasteiger partial charge in [-0.3, -0.25) is 9.59 Å². The van der Waals surface area contributed by atoms with Gasteiger partial charge in [-0.1, -0.05) is 18.2 Å². The highest BCUT2D eigenvalue weighted by atomic mass is 19.1. The molecule has 0 aromatic heterocycles. The zero-order valence-electron chi connectivity index (χ0n) is 11.7. The molecule has 1 amide bonds. The van der Waals surface area contributed by atoms with Crippen LogP contribution in [0.4, 0.5) is 14.5 Å². The number of amides is 1. The predicted molar refractivity (Wildman–Crippen MR) is 76.9 cm³/mol. The third kappa shape index (κ3) is 3.88. The number of ketones is 1. The van der Waals surface area contributed by atoms with Gasteiger partial charge in [-0.05, 0) is 31.2 Å². The van der Waals surface area contributed by atoms with Gasteiger partial charge in [0.25, 0.3) is 5.91 Å². The van der Waals surface area contributed by atoms with Gasteiger partial charge < -0.3 is 10.1 Å². The van der Waals surface area contributed by atoms with Crippen LogP contribution < -0.4 is 10.1 Å². The molecule has 0 fully saturated rings. The number of hydrogen-bond donors (Lipinski definition) is 1. The Kier molecular flexibility index (Phi) is 4.83. The molecule has 0 aliphatic carbocycles. The van der Waals surface area contributed by atoms with Crippen LogP contribution in [0.3, 0.4) is 0 Å².